The van der Waals surface area contributed by atoms with Crippen molar-refractivity contribution in [3.8, 4) is 11.5 Å². The summed E-state index contributed by atoms with van der Waals surface area (Å²) in [5.74, 6) is 1.62. The van der Waals surface area contributed by atoms with E-state index in [1.165, 1.54) is 11.1 Å². The molecule has 6 heteroatoms. The van der Waals surface area contributed by atoms with Crippen molar-refractivity contribution in [3.63, 3.8) is 0 Å². The third kappa shape index (κ3) is 6.93. The molecule has 0 bridgehead atoms. The molecule has 4 atom stereocenters. The van der Waals surface area contributed by atoms with E-state index in [4.69, 9.17) is 28.4 Å². The monoisotopic (exact) mass is 456 g/mol. The second-order valence-electron chi connectivity index (χ2n) is 9.16. The van der Waals surface area contributed by atoms with Crippen LogP contribution < -0.4 is 9.47 Å². The Morgan fingerprint density at radius 1 is 0.727 bits per heavy atom. The molecule has 180 valence electrons. The molecular formula is C27H36O6. The van der Waals surface area contributed by atoms with Crippen molar-refractivity contribution in [2.75, 3.05) is 26.4 Å². The first-order valence-electron chi connectivity index (χ1n) is 12.0. The number of ether oxygens (including phenoxy) is 6. The summed E-state index contributed by atoms with van der Waals surface area (Å²) in [6, 6.07) is 16.5. The summed E-state index contributed by atoms with van der Waals surface area (Å²) in [6.45, 7) is 11.3. The molecule has 0 aliphatic carbocycles. The molecule has 0 aromatic heterocycles. The van der Waals surface area contributed by atoms with Gasteiger partial charge in [-0.3, -0.25) is 0 Å². The van der Waals surface area contributed by atoms with Gasteiger partial charge in [0.1, 0.15) is 23.7 Å². The summed E-state index contributed by atoms with van der Waals surface area (Å²) in [6.07, 6.45) is 1.53. The molecule has 0 radical (unpaired) electrons. The number of epoxide rings is 2. The van der Waals surface area contributed by atoms with Crippen molar-refractivity contribution in [3.05, 3.63) is 59.7 Å². The van der Waals surface area contributed by atoms with Gasteiger partial charge in [0.05, 0.1) is 26.4 Å². The van der Waals surface area contributed by atoms with E-state index in [0.29, 0.717) is 13.2 Å². The molecular weight excluding hydrogens is 420 g/mol. The zero-order chi connectivity index (χ0) is 23.3. The van der Waals surface area contributed by atoms with Gasteiger partial charge in [-0.2, -0.15) is 0 Å². The van der Waals surface area contributed by atoms with Crippen molar-refractivity contribution >= 4 is 0 Å². The first-order valence-corrected chi connectivity index (χ1v) is 12.0. The number of rotatable bonds is 14. The first-order chi connectivity index (χ1) is 16.0. The maximum atomic E-state index is 6.00. The molecule has 2 aliphatic rings. The van der Waals surface area contributed by atoms with E-state index < -0.39 is 0 Å². The zero-order valence-corrected chi connectivity index (χ0v) is 20.1. The normalized spacial score (nSPS) is 21.3. The maximum Gasteiger partial charge on any atom is 0.199 e. The van der Waals surface area contributed by atoms with Crippen LogP contribution in [0.15, 0.2) is 48.5 Å². The lowest BCUT2D eigenvalue weighted by Crippen LogP contribution is -2.23. The third-order valence-electron chi connectivity index (χ3n) is 6.09. The highest BCUT2D eigenvalue weighted by Gasteiger charge is 2.26. The van der Waals surface area contributed by atoms with Crippen LogP contribution in [0.1, 0.15) is 51.7 Å². The van der Waals surface area contributed by atoms with Gasteiger partial charge in [-0.05, 0) is 35.4 Å². The predicted octanol–water partition coefficient (Wildman–Crippen LogP) is 5.07. The number of hydrogen-bond acceptors (Lipinski definition) is 6. The highest BCUT2D eigenvalue weighted by atomic mass is 16.7. The van der Waals surface area contributed by atoms with Gasteiger partial charge in [0.2, 0.25) is 0 Å². The van der Waals surface area contributed by atoms with E-state index in [1.807, 2.05) is 24.3 Å². The lowest BCUT2D eigenvalue weighted by Gasteiger charge is -2.27. The Morgan fingerprint density at radius 2 is 1.09 bits per heavy atom. The Balaban J connectivity index is 1.34. The molecule has 0 spiro atoms. The van der Waals surface area contributed by atoms with E-state index in [1.54, 1.807) is 0 Å². The molecule has 2 saturated heterocycles. The van der Waals surface area contributed by atoms with E-state index in [-0.39, 0.29) is 30.2 Å². The average Bonchev–Trinajstić information content (AvgIpc) is 3.75. The predicted molar refractivity (Wildman–Crippen MR) is 126 cm³/mol. The molecule has 2 aromatic carbocycles. The van der Waals surface area contributed by atoms with Gasteiger partial charge in [0.25, 0.3) is 0 Å². The van der Waals surface area contributed by atoms with E-state index in [2.05, 4.69) is 52.0 Å². The minimum absolute atomic E-state index is 0.162. The third-order valence-corrected chi connectivity index (χ3v) is 6.09. The van der Waals surface area contributed by atoms with Gasteiger partial charge in [0.15, 0.2) is 12.6 Å². The molecule has 2 heterocycles. The van der Waals surface area contributed by atoms with Gasteiger partial charge in [-0.1, -0.05) is 52.0 Å². The highest BCUT2D eigenvalue weighted by molar-refractivity contribution is 5.41. The van der Waals surface area contributed by atoms with Gasteiger partial charge < -0.3 is 28.4 Å². The van der Waals surface area contributed by atoms with Crippen LogP contribution >= 0.6 is 0 Å². The number of benzene rings is 2. The van der Waals surface area contributed by atoms with Gasteiger partial charge in [-0.25, -0.2) is 0 Å². The minimum Gasteiger partial charge on any atom is -0.465 e. The quantitative estimate of drug-likeness (QED) is 0.292. The topological polar surface area (TPSA) is 62.0 Å². The van der Waals surface area contributed by atoms with Crippen molar-refractivity contribution in [1.29, 1.82) is 0 Å². The van der Waals surface area contributed by atoms with Crippen molar-refractivity contribution in [2.45, 2.75) is 70.7 Å². The van der Waals surface area contributed by atoms with Crippen LogP contribution in [0.4, 0.5) is 0 Å². The van der Waals surface area contributed by atoms with Crippen LogP contribution in [0.3, 0.4) is 0 Å². The van der Waals surface area contributed by atoms with Crippen LogP contribution in [0.25, 0.3) is 0 Å². The Morgan fingerprint density at radius 3 is 1.39 bits per heavy atom. The van der Waals surface area contributed by atoms with Crippen LogP contribution in [-0.4, -0.2) is 51.2 Å². The van der Waals surface area contributed by atoms with Gasteiger partial charge in [0, 0.05) is 18.3 Å². The molecule has 0 saturated carbocycles. The summed E-state index contributed by atoms with van der Waals surface area (Å²) in [7, 11) is 0. The molecule has 2 aliphatic heterocycles. The molecule has 0 N–H and O–H groups in total. The summed E-state index contributed by atoms with van der Waals surface area (Å²) in [5, 5.41) is 0. The molecule has 4 rings (SSSR count). The van der Waals surface area contributed by atoms with E-state index >= 15 is 0 Å². The SMILES string of the molecule is CCC(OCC1CO1)Oc1ccc(C(C)(C)c2ccc(OC(CC)OCC3CO3)cc2)cc1. The van der Waals surface area contributed by atoms with Crippen molar-refractivity contribution in [1.82, 2.24) is 0 Å². The second-order valence-corrected chi connectivity index (χ2v) is 9.16. The van der Waals surface area contributed by atoms with E-state index in [0.717, 1.165) is 37.6 Å². The zero-order valence-electron chi connectivity index (χ0n) is 20.1. The van der Waals surface area contributed by atoms with Crippen LogP contribution in [0.2, 0.25) is 0 Å². The van der Waals surface area contributed by atoms with Gasteiger partial charge in [-0.15, -0.1) is 0 Å². The fourth-order valence-electron chi connectivity index (χ4n) is 3.60. The minimum atomic E-state index is -0.256. The Hall–Kier alpha value is -2.12. The summed E-state index contributed by atoms with van der Waals surface area (Å²) < 4.78 is 34.0. The highest BCUT2D eigenvalue weighted by Crippen LogP contribution is 2.34. The lowest BCUT2D eigenvalue weighted by molar-refractivity contribution is -0.0856. The summed E-state index contributed by atoms with van der Waals surface area (Å²) in [5.41, 5.74) is 2.26. The summed E-state index contributed by atoms with van der Waals surface area (Å²) in [4.78, 5) is 0. The molecule has 0 amide bonds. The maximum absolute atomic E-state index is 6.00. The Bertz CT molecular complexity index is 784. The fourth-order valence-corrected chi connectivity index (χ4v) is 3.60. The lowest BCUT2D eigenvalue weighted by atomic mass is 9.78. The first kappa shape index (κ1) is 24.0. The van der Waals surface area contributed by atoms with Crippen LogP contribution in [0, 0.1) is 0 Å². The molecule has 33 heavy (non-hydrogen) atoms. The largest absolute Gasteiger partial charge is 0.465 e. The molecule has 4 unspecified atom stereocenters. The van der Waals surface area contributed by atoms with Gasteiger partial charge >= 0.3 is 0 Å². The molecule has 2 fully saturated rings. The standard InChI is InChI=1S/C27H36O6/c1-5-25(30-17-23-15-28-23)32-21-11-7-19(8-12-21)27(3,4)20-9-13-22(14-10-20)33-26(6-2)31-18-24-16-29-24/h7-14,23-26H,5-6,15-18H2,1-4H3. The fraction of sp³-hybridized carbons (Fsp3) is 0.556. The van der Waals surface area contributed by atoms with Crippen LogP contribution in [-0.2, 0) is 24.4 Å². The number of hydrogen-bond donors (Lipinski definition) is 0. The molecule has 6 nitrogen and oxygen atoms in total. The van der Waals surface area contributed by atoms with Crippen LogP contribution in [0.5, 0.6) is 11.5 Å². The second kappa shape index (κ2) is 10.9. The Kier molecular flexibility index (Phi) is 7.91. The average molecular weight is 457 g/mol. The molecule has 2 aromatic rings. The summed E-state index contributed by atoms with van der Waals surface area (Å²) >= 11 is 0. The van der Waals surface area contributed by atoms with Crippen molar-refractivity contribution < 1.29 is 28.4 Å². The smallest absolute Gasteiger partial charge is 0.199 e. The Labute approximate surface area is 197 Å². The van der Waals surface area contributed by atoms with Crippen molar-refractivity contribution in [2.24, 2.45) is 0 Å². The van der Waals surface area contributed by atoms with E-state index in [9.17, 15) is 0 Å².